The minimum atomic E-state index is -0.202. The van der Waals surface area contributed by atoms with Crippen LogP contribution in [0.1, 0.15) is 25.1 Å². The van der Waals surface area contributed by atoms with Gasteiger partial charge in [-0.1, -0.05) is 12.1 Å². The largest absolute Gasteiger partial charge is 0.376 e. The zero-order valence-corrected chi connectivity index (χ0v) is 14.4. The van der Waals surface area contributed by atoms with Gasteiger partial charge < -0.3 is 19.4 Å². The second-order valence-electron chi connectivity index (χ2n) is 6.28. The number of carbonyl (C=O) groups is 1. The zero-order valence-electron chi connectivity index (χ0n) is 14.4. The maximum Gasteiger partial charge on any atom is 0.258 e. The maximum atomic E-state index is 12.2. The van der Waals surface area contributed by atoms with E-state index in [0.29, 0.717) is 23.3 Å². The highest BCUT2D eigenvalue weighted by molar-refractivity contribution is 5.78. The summed E-state index contributed by atoms with van der Waals surface area (Å²) in [5.74, 6) is 0.293. The van der Waals surface area contributed by atoms with Crippen LogP contribution in [0.4, 0.5) is 0 Å². The van der Waals surface area contributed by atoms with Gasteiger partial charge in [-0.15, -0.1) is 0 Å². The van der Waals surface area contributed by atoms with Crippen LogP contribution in [-0.2, 0) is 20.8 Å². The van der Waals surface area contributed by atoms with Crippen LogP contribution < -0.4 is 5.56 Å². The summed E-state index contributed by atoms with van der Waals surface area (Å²) in [6.45, 7) is 1.42. The Morgan fingerprint density at radius 3 is 3.04 bits per heavy atom. The van der Waals surface area contributed by atoms with E-state index in [9.17, 15) is 9.59 Å². The van der Waals surface area contributed by atoms with Crippen molar-refractivity contribution in [3.63, 3.8) is 0 Å². The van der Waals surface area contributed by atoms with E-state index in [1.807, 2.05) is 6.07 Å². The van der Waals surface area contributed by atoms with Crippen LogP contribution in [-0.4, -0.2) is 53.7 Å². The monoisotopic (exact) mass is 345 g/mol. The molecule has 2 aromatic rings. The van der Waals surface area contributed by atoms with Crippen molar-refractivity contribution in [2.45, 2.75) is 31.9 Å². The molecule has 0 spiro atoms. The van der Waals surface area contributed by atoms with E-state index in [2.05, 4.69) is 9.97 Å². The van der Waals surface area contributed by atoms with Gasteiger partial charge in [-0.05, 0) is 31.4 Å². The van der Waals surface area contributed by atoms with Gasteiger partial charge in [-0.25, -0.2) is 4.98 Å². The Labute approximate surface area is 146 Å². The Morgan fingerprint density at radius 1 is 1.40 bits per heavy atom. The normalized spacial score (nSPS) is 17.6. The Kier molecular flexibility index (Phi) is 5.78. The number of para-hydroxylation sites is 1. The van der Waals surface area contributed by atoms with Crippen molar-refractivity contribution >= 4 is 16.8 Å². The minimum absolute atomic E-state index is 0.00578. The van der Waals surface area contributed by atoms with Gasteiger partial charge >= 0.3 is 0 Å². The topological polar surface area (TPSA) is 84.5 Å². The second kappa shape index (κ2) is 8.22. The Bertz CT molecular complexity index is 783. The van der Waals surface area contributed by atoms with Gasteiger partial charge in [0.2, 0.25) is 5.91 Å². The predicted molar refractivity (Wildman–Crippen MR) is 93.2 cm³/mol. The van der Waals surface area contributed by atoms with Crippen molar-refractivity contribution in [2.75, 3.05) is 26.9 Å². The number of hydrogen-bond acceptors (Lipinski definition) is 5. The first kappa shape index (κ1) is 17.6. The summed E-state index contributed by atoms with van der Waals surface area (Å²) in [6.07, 6.45) is 3.30. The molecular weight excluding hydrogens is 322 g/mol. The van der Waals surface area contributed by atoms with Crippen LogP contribution in [0.15, 0.2) is 29.1 Å². The number of benzene rings is 1. The SMILES string of the molecule is CN(Cc1nc2ccccc2c(=O)[nH]1)C(=O)COCC1CCCCO1. The molecule has 7 nitrogen and oxygen atoms in total. The summed E-state index contributed by atoms with van der Waals surface area (Å²) >= 11 is 0. The molecule has 1 N–H and O–H groups in total. The Hall–Kier alpha value is -2.25. The molecule has 1 aliphatic heterocycles. The molecule has 1 aromatic heterocycles. The van der Waals surface area contributed by atoms with Crippen LogP contribution in [0.25, 0.3) is 10.9 Å². The van der Waals surface area contributed by atoms with E-state index < -0.39 is 0 Å². The number of likely N-dealkylation sites (N-methyl/N-ethyl adjacent to an activating group) is 1. The quantitative estimate of drug-likeness (QED) is 0.857. The van der Waals surface area contributed by atoms with Crippen molar-refractivity contribution in [1.29, 1.82) is 0 Å². The maximum absolute atomic E-state index is 12.2. The van der Waals surface area contributed by atoms with Gasteiger partial charge in [0.25, 0.3) is 5.56 Å². The number of nitrogens with one attached hydrogen (secondary N) is 1. The number of fused-ring (bicyclic) bond motifs is 1. The number of H-pyrrole nitrogens is 1. The lowest BCUT2D eigenvalue weighted by Gasteiger charge is -2.23. The summed E-state index contributed by atoms with van der Waals surface area (Å²) in [7, 11) is 1.66. The number of rotatable bonds is 6. The van der Waals surface area contributed by atoms with Crippen LogP contribution in [0.5, 0.6) is 0 Å². The van der Waals surface area contributed by atoms with E-state index in [1.54, 1.807) is 25.2 Å². The van der Waals surface area contributed by atoms with Crippen LogP contribution in [0, 0.1) is 0 Å². The molecule has 0 radical (unpaired) electrons. The van der Waals surface area contributed by atoms with E-state index in [0.717, 1.165) is 25.9 Å². The van der Waals surface area contributed by atoms with E-state index in [-0.39, 0.29) is 30.7 Å². The molecule has 134 valence electrons. The average Bonchev–Trinajstić information content (AvgIpc) is 2.62. The summed E-state index contributed by atoms with van der Waals surface area (Å²) in [5.41, 5.74) is 0.417. The Morgan fingerprint density at radius 2 is 2.24 bits per heavy atom. The standard InChI is InChI=1S/C18H23N3O4/c1-21(17(22)12-24-11-13-6-4-5-9-25-13)10-16-19-15-8-3-2-7-14(15)18(23)20-16/h2-3,7-8,13H,4-6,9-12H2,1H3,(H,19,20,23). The first-order valence-electron chi connectivity index (χ1n) is 8.55. The fourth-order valence-corrected chi connectivity index (χ4v) is 2.85. The first-order chi connectivity index (χ1) is 12.1. The molecule has 1 fully saturated rings. The summed E-state index contributed by atoms with van der Waals surface area (Å²) in [6, 6.07) is 7.13. The number of aromatic amines is 1. The lowest BCUT2D eigenvalue weighted by molar-refractivity contribution is -0.137. The molecule has 7 heteroatoms. The highest BCUT2D eigenvalue weighted by Gasteiger charge is 2.16. The van der Waals surface area contributed by atoms with Crippen molar-refractivity contribution in [2.24, 2.45) is 0 Å². The number of ether oxygens (including phenoxy) is 2. The summed E-state index contributed by atoms with van der Waals surface area (Å²) in [4.78, 5) is 32.9. The highest BCUT2D eigenvalue weighted by Crippen LogP contribution is 2.12. The summed E-state index contributed by atoms with van der Waals surface area (Å²) < 4.78 is 11.0. The number of nitrogens with zero attached hydrogens (tertiary/aromatic N) is 2. The molecule has 0 aliphatic carbocycles. The molecular formula is C18H23N3O4. The molecule has 2 heterocycles. The van der Waals surface area contributed by atoms with Crippen LogP contribution in [0.3, 0.4) is 0 Å². The van der Waals surface area contributed by atoms with Gasteiger partial charge in [-0.3, -0.25) is 9.59 Å². The van der Waals surface area contributed by atoms with Crippen molar-refractivity contribution < 1.29 is 14.3 Å². The third kappa shape index (κ3) is 4.64. The first-order valence-corrected chi connectivity index (χ1v) is 8.55. The number of aromatic nitrogens is 2. The molecule has 1 aliphatic rings. The molecule has 1 saturated heterocycles. The molecule has 3 rings (SSSR count). The molecule has 1 atom stereocenters. The lowest BCUT2D eigenvalue weighted by atomic mass is 10.1. The molecule has 1 unspecified atom stereocenters. The van der Waals surface area contributed by atoms with Gasteiger partial charge in [0.1, 0.15) is 12.4 Å². The van der Waals surface area contributed by atoms with E-state index in [4.69, 9.17) is 9.47 Å². The number of amides is 1. The van der Waals surface area contributed by atoms with Crippen molar-refractivity contribution in [1.82, 2.24) is 14.9 Å². The number of hydrogen-bond donors (Lipinski definition) is 1. The molecule has 1 amide bonds. The minimum Gasteiger partial charge on any atom is -0.376 e. The third-order valence-electron chi connectivity index (χ3n) is 4.28. The number of carbonyl (C=O) groups excluding carboxylic acids is 1. The van der Waals surface area contributed by atoms with Crippen molar-refractivity contribution in [3.05, 3.63) is 40.4 Å². The van der Waals surface area contributed by atoms with Gasteiger partial charge in [0, 0.05) is 13.7 Å². The molecule has 0 bridgehead atoms. The molecule has 1 aromatic carbocycles. The molecule has 0 saturated carbocycles. The van der Waals surface area contributed by atoms with Gasteiger partial charge in [0.15, 0.2) is 0 Å². The second-order valence-corrected chi connectivity index (χ2v) is 6.28. The van der Waals surface area contributed by atoms with E-state index >= 15 is 0 Å². The summed E-state index contributed by atoms with van der Waals surface area (Å²) in [5, 5.41) is 0.538. The van der Waals surface area contributed by atoms with Gasteiger partial charge in [-0.2, -0.15) is 0 Å². The molecule has 25 heavy (non-hydrogen) atoms. The average molecular weight is 345 g/mol. The smallest absolute Gasteiger partial charge is 0.258 e. The lowest BCUT2D eigenvalue weighted by Crippen LogP contribution is -2.33. The van der Waals surface area contributed by atoms with Crippen LogP contribution in [0.2, 0.25) is 0 Å². The third-order valence-corrected chi connectivity index (χ3v) is 4.28. The fourth-order valence-electron chi connectivity index (χ4n) is 2.85. The highest BCUT2D eigenvalue weighted by atomic mass is 16.5. The van der Waals surface area contributed by atoms with Gasteiger partial charge in [0.05, 0.1) is 30.2 Å². The Balaban J connectivity index is 1.53. The fraction of sp³-hybridized carbons (Fsp3) is 0.500. The van der Waals surface area contributed by atoms with Crippen molar-refractivity contribution in [3.8, 4) is 0 Å². The van der Waals surface area contributed by atoms with Crippen LogP contribution >= 0.6 is 0 Å². The predicted octanol–water partition coefficient (Wildman–Crippen LogP) is 1.47. The van der Waals surface area contributed by atoms with E-state index in [1.165, 1.54) is 4.90 Å². The zero-order chi connectivity index (χ0) is 17.6.